The Morgan fingerprint density at radius 1 is 1.03 bits per heavy atom. The van der Waals surface area contributed by atoms with Crippen LogP contribution in [0.3, 0.4) is 0 Å². The second kappa shape index (κ2) is 12.3. The summed E-state index contributed by atoms with van der Waals surface area (Å²) >= 11 is 0. The van der Waals surface area contributed by atoms with Crippen LogP contribution in [0.4, 0.5) is 0 Å². The average molecular weight is 499 g/mol. The highest BCUT2D eigenvalue weighted by Gasteiger charge is 2.38. The van der Waals surface area contributed by atoms with Crippen LogP contribution >= 0.6 is 0 Å². The molecule has 0 aliphatic carbocycles. The Labute approximate surface area is 203 Å². The van der Waals surface area contributed by atoms with E-state index in [0.29, 0.717) is 31.0 Å². The average Bonchev–Trinajstić information content (AvgIpc) is 2.76. The first kappa shape index (κ1) is 28.5. The van der Waals surface area contributed by atoms with Gasteiger partial charge in [0.2, 0.25) is 0 Å². The summed E-state index contributed by atoms with van der Waals surface area (Å²) < 4.78 is 45.2. The van der Waals surface area contributed by atoms with Crippen molar-refractivity contribution in [1.82, 2.24) is 0 Å². The Morgan fingerprint density at radius 3 is 2.18 bits per heavy atom. The first-order chi connectivity index (χ1) is 15.3. The number of rotatable bonds is 12. The molecule has 1 aromatic rings. The third kappa shape index (κ3) is 8.77. The Bertz CT molecular complexity index is 798. The summed E-state index contributed by atoms with van der Waals surface area (Å²) in [6.45, 7) is 17.2. The first-order valence-corrected chi connectivity index (χ1v) is 16.9. The molecule has 1 aromatic carbocycles. The maximum atomic E-state index is 13.6. The van der Waals surface area contributed by atoms with E-state index in [1.807, 2.05) is 6.07 Å². The summed E-state index contributed by atoms with van der Waals surface area (Å²) in [6.07, 6.45) is 4.12. The van der Waals surface area contributed by atoms with Crippen molar-refractivity contribution in [3.05, 3.63) is 30.3 Å². The van der Waals surface area contributed by atoms with Crippen molar-refractivity contribution in [3.8, 4) is 0 Å². The normalized spacial score (nSPS) is 20.9. The van der Waals surface area contributed by atoms with E-state index < -0.39 is 23.4 Å². The molecule has 0 saturated carbocycles. The largest absolute Gasteiger partial charge is 0.417 e. The van der Waals surface area contributed by atoms with Crippen molar-refractivity contribution in [1.29, 1.82) is 0 Å². The molecule has 33 heavy (non-hydrogen) atoms. The Balaban J connectivity index is 2.06. The van der Waals surface area contributed by atoms with Gasteiger partial charge in [0.05, 0.1) is 16.8 Å². The molecule has 0 N–H and O–H groups in total. The molecule has 1 saturated heterocycles. The maximum absolute atomic E-state index is 13.6. The molecular weight excluding hydrogens is 452 g/mol. The van der Waals surface area contributed by atoms with Gasteiger partial charge in [-0.05, 0) is 74.2 Å². The summed E-state index contributed by atoms with van der Waals surface area (Å²) in [5.74, 6) is 0.268. The van der Waals surface area contributed by atoms with Gasteiger partial charge in [-0.1, -0.05) is 52.8 Å². The molecule has 4 atom stereocenters. The molecule has 5 nitrogen and oxygen atoms in total. The predicted octanol–water partition coefficient (Wildman–Crippen LogP) is 6.45. The van der Waals surface area contributed by atoms with E-state index in [2.05, 4.69) is 47.7 Å². The maximum Gasteiger partial charge on any atom is 0.191 e. The Morgan fingerprint density at radius 2 is 1.64 bits per heavy atom. The Hall–Kier alpha value is -0.733. The van der Waals surface area contributed by atoms with Gasteiger partial charge in [0.15, 0.2) is 24.4 Å². The molecule has 1 aliphatic heterocycles. The zero-order valence-electron chi connectivity index (χ0n) is 21.8. The van der Waals surface area contributed by atoms with Gasteiger partial charge in [-0.15, -0.1) is 0 Å². The number of benzene rings is 1. The SMILES string of the molecule is C[C@@H](COC1CCCCO1)C[C@@H](C[C@@H](C)CO[Si](C)(C)C(C)(C)C)S(=O)(=O)c1ccccc1. The lowest BCUT2D eigenvalue weighted by molar-refractivity contribution is -0.168. The second-order valence-corrected chi connectivity index (χ2v) is 18.4. The molecule has 1 aliphatic rings. The van der Waals surface area contributed by atoms with Gasteiger partial charge < -0.3 is 13.9 Å². The van der Waals surface area contributed by atoms with E-state index in [-0.39, 0.29) is 23.2 Å². The van der Waals surface area contributed by atoms with Crippen LogP contribution in [-0.2, 0) is 23.7 Å². The van der Waals surface area contributed by atoms with Crippen molar-refractivity contribution in [3.63, 3.8) is 0 Å². The fourth-order valence-electron chi connectivity index (χ4n) is 3.87. The van der Waals surface area contributed by atoms with Crippen LogP contribution in [0.25, 0.3) is 0 Å². The van der Waals surface area contributed by atoms with E-state index >= 15 is 0 Å². The van der Waals surface area contributed by atoms with Crippen LogP contribution in [0.5, 0.6) is 0 Å². The summed E-state index contributed by atoms with van der Waals surface area (Å²) in [5, 5.41) is -0.335. The van der Waals surface area contributed by atoms with Crippen LogP contribution in [0.15, 0.2) is 35.2 Å². The van der Waals surface area contributed by atoms with Crippen LogP contribution in [0.2, 0.25) is 18.1 Å². The van der Waals surface area contributed by atoms with E-state index in [1.54, 1.807) is 24.3 Å². The monoisotopic (exact) mass is 498 g/mol. The van der Waals surface area contributed by atoms with Crippen LogP contribution in [0, 0.1) is 11.8 Å². The van der Waals surface area contributed by atoms with Crippen molar-refractivity contribution in [2.45, 2.75) is 101 Å². The lowest BCUT2D eigenvalue weighted by Gasteiger charge is -2.37. The molecular formula is C26H46O5SSi. The smallest absolute Gasteiger partial charge is 0.191 e. The minimum absolute atomic E-state index is 0.118. The number of sulfone groups is 1. The van der Waals surface area contributed by atoms with Gasteiger partial charge in [0, 0.05) is 13.2 Å². The van der Waals surface area contributed by atoms with E-state index in [9.17, 15) is 8.42 Å². The Kier molecular flexibility index (Phi) is 10.6. The summed E-state index contributed by atoms with van der Waals surface area (Å²) in [5.41, 5.74) is 0. The second-order valence-electron chi connectivity index (χ2n) is 11.4. The fourth-order valence-corrected chi connectivity index (χ4v) is 7.09. The number of hydrogen-bond donors (Lipinski definition) is 0. The summed E-state index contributed by atoms with van der Waals surface area (Å²) in [4.78, 5) is 0.399. The van der Waals surface area contributed by atoms with Gasteiger partial charge >= 0.3 is 0 Å². The topological polar surface area (TPSA) is 61.8 Å². The summed E-state index contributed by atoms with van der Waals surface area (Å²) in [6, 6.07) is 8.85. The predicted molar refractivity (Wildman–Crippen MR) is 138 cm³/mol. The van der Waals surface area contributed by atoms with Crippen molar-refractivity contribution in [2.24, 2.45) is 11.8 Å². The molecule has 2 rings (SSSR count). The van der Waals surface area contributed by atoms with Crippen molar-refractivity contribution < 1.29 is 22.3 Å². The van der Waals surface area contributed by atoms with E-state index in [4.69, 9.17) is 13.9 Å². The third-order valence-electron chi connectivity index (χ3n) is 7.08. The highest BCUT2D eigenvalue weighted by atomic mass is 32.2. The molecule has 0 spiro atoms. The zero-order valence-corrected chi connectivity index (χ0v) is 23.6. The molecule has 1 heterocycles. The number of hydrogen-bond acceptors (Lipinski definition) is 5. The number of ether oxygens (including phenoxy) is 2. The molecule has 1 fully saturated rings. The third-order valence-corrected chi connectivity index (χ3v) is 13.8. The molecule has 0 bridgehead atoms. The van der Waals surface area contributed by atoms with Crippen LogP contribution in [0.1, 0.15) is 66.7 Å². The van der Waals surface area contributed by atoms with E-state index in [1.165, 1.54) is 0 Å². The van der Waals surface area contributed by atoms with Gasteiger partial charge in [-0.25, -0.2) is 8.42 Å². The molecule has 0 aromatic heterocycles. The van der Waals surface area contributed by atoms with Crippen molar-refractivity contribution in [2.75, 3.05) is 19.8 Å². The lowest BCUT2D eigenvalue weighted by atomic mass is 9.99. The van der Waals surface area contributed by atoms with Crippen molar-refractivity contribution >= 4 is 18.2 Å². The zero-order chi connectivity index (χ0) is 24.7. The van der Waals surface area contributed by atoms with Gasteiger partial charge in [-0.3, -0.25) is 0 Å². The minimum Gasteiger partial charge on any atom is -0.417 e. The minimum atomic E-state index is -3.45. The van der Waals surface area contributed by atoms with Crippen LogP contribution in [-0.4, -0.2) is 48.1 Å². The molecule has 0 amide bonds. The first-order valence-electron chi connectivity index (χ1n) is 12.5. The molecule has 1 unspecified atom stereocenters. The van der Waals surface area contributed by atoms with Gasteiger partial charge in [0.25, 0.3) is 0 Å². The fraction of sp³-hybridized carbons (Fsp3) is 0.769. The van der Waals surface area contributed by atoms with Crippen LogP contribution < -0.4 is 0 Å². The van der Waals surface area contributed by atoms with Gasteiger partial charge in [-0.2, -0.15) is 0 Å². The highest BCUT2D eigenvalue weighted by Crippen LogP contribution is 2.37. The standard InChI is InChI=1S/C26H46O5SSi/c1-21(19-30-25-15-11-12-16-29-25)17-24(32(27,28)23-13-9-8-10-14-23)18-22(2)20-31-33(6,7)26(3,4)5/h8-10,13-14,21-22,24-25H,11-12,15-20H2,1-7H3/t21-,22-,24+,25?/m1/s1. The molecule has 7 heteroatoms. The highest BCUT2D eigenvalue weighted by molar-refractivity contribution is 7.92. The van der Waals surface area contributed by atoms with Gasteiger partial charge in [0.1, 0.15) is 0 Å². The summed E-state index contributed by atoms with van der Waals surface area (Å²) in [7, 11) is -5.32. The molecule has 190 valence electrons. The van der Waals surface area contributed by atoms with E-state index in [0.717, 1.165) is 25.9 Å². The lowest BCUT2D eigenvalue weighted by Crippen LogP contribution is -2.42. The molecule has 0 radical (unpaired) electrons. The quantitative estimate of drug-likeness (QED) is 0.310.